The molecule has 1 aromatic rings. The topological polar surface area (TPSA) is 50.9 Å². The van der Waals surface area contributed by atoms with Gasteiger partial charge in [0.15, 0.2) is 0 Å². The van der Waals surface area contributed by atoms with Gasteiger partial charge in [-0.1, -0.05) is 19.3 Å². The first kappa shape index (κ1) is 11.7. The molecule has 2 rings (SSSR count). The zero-order chi connectivity index (χ0) is 11.4. The second-order valence-corrected chi connectivity index (χ2v) is 5.34. The molecule has 0 bridgehead atoms. The normalized spacial score (nSPS) is 17.3. The minimum Gasteiger partial charge on any atom is -0.397 e. The molecule has 3 nitrogen and oxygen atoms in total. The third kappa shape index (κ3) is 3.11. The number of rotatable bonds is 3. The Morgan fingerprint density at radius 3 is 2.81 bits per heavy atom. The van der Waals surface area contributed by atoms with E-state index in [2.05, 4.69) is 26.2 Å². The standard InChI is InChI=1S/C12H18BrN3/c13-11-6-10(14)8-16-12(11)15-7-9-4-2-1-3-5-9/h6,8-9H,1-5,7,14H2,(H,15,16). The molecule has 16 heavy (non-hydrogen) atoms. The predicted molar refractivity (Wildman–Crippen MR) is 71.4 cm³/mol. The van der Waals surface area contributed by atoms with Crippen LogP contribution in [0.3, 0.4) is 0 Å². The number of halogens is 1. The van der Waals surface area contributed by atoms with Crippen LogP contribution in [0, 0.1) is 5.92 Å². The zero-order valence-electron chi connectivity index (χ0n) is 9.38. The monoisotopic (exact) mass is 283 g/mol. The lowest BCUT2D eigenvalue weighted by molar-refractivity contribution is 0.373. The Kier molecular flexibility index (Phi) is 4.04. The lowest BCUT2D eigenvalue weighted by Gasteiger charge is -2.22. The minimum absolute atomic E-state index is 0.690. The van der Waals surface area contributed by atoms with E-state index < -0.39 is 0 Å². The Hall–Kier alpha value is -0.770. The molecule has 0 amide bonds. The highest BCUT2D eigenvalue weighted by atomic mass is 79.9. The molecule has 0 spiro atoms. The Bertz CT molecular complexity index is 348. The molecule has 1 fully saturated rings. The molecule has 1 aliphatic rings. The fourth-order valence-electron chi connectivity index (χ4n) is 2.22. The fraction of sp³-hybridized carbons (Fsp3) is 0.583. The van der Waals surface area contributed by atoms with Gasteiger partial charge in [-0.15, -0.1) is 0 Å². The lowest BCUT2D eigenvalue weighted by atomic mass is 9.89. The lowest BCUT2D eigenvalue weighted by Crippen LogP contribution is -2.17. The van der Waals surface area contributed by atoms with Crippen LogP contribution in [0.2, 0.25) is 0 Å². The van der Waals surface area contributed by atoms with Gasteiger partial charge in [-0.05, 0) is 40.8 Å². The van der Waals surface area contributed by atoms with Gasteiger partial charge >= 0.3 is 0 Å². The number of anilines is 2. The summed E-state index contributed by atoms with van der Waals surface area (Å²) < 4.78 is 0.948. The van der Waals surface area contributed by atoms with Gasteiger partial charge in [0, 0.05) is 6.54 Å². The summed E-state index contributed by atoms with van der Waals surface area (Å²) in [5, 5.41) is 3.40. The first-order valence-corrected chi connectivity index (χ1v) is 6.70. The summed E-state index contributed by atoms with van der Waals surface area (Å²) in [6, 6.07) is 1.89. The summed E-state index contributed by atoms with van der Waals surface area (Å²) in [7, 11) is 0. The summed E-state index contributed by atoms with van der Waals surface area (Å²) in [5.41, 5.74) is 6.34. The molecule has 1 heterocycles. The van der Waals surface area contributed by atoms with E-state index in [0.717, 1.165) is 22.8 Å². The number of nitrogens with zero attached hydrogens (tertiary/aromatic N) is 1. The van der Waals surface area contributed by atoms with E-state index in [9.17, 15) is 0 Å². The van der Waals surface area contributed by atoms with Gasteiger partial charge in [-0.3, -0.25) is 0 Å². The van der Waals surface area contributed by atoms with Gasteiger partial charge in [0.1, 0.15) is 5.82 Å². The Labute approximate surface area is 105 Å². The molecule has 3 N–H and O–H groups in total. The number of hydrogen-bond acceptors (Lipinski definition) is 3. The van der Waals surface area contributed by atoms with Crippen LogP contribution in [-0.4, -0.2) is 11.5 Å². The quantitative estimate of drug-likeness (QED) is 0.894. The van der Waals surface area contributed by atoms with E-state index in [0.29, 0.717) is 5.69 Å². The summed E-state index contributed by atoms with van der Waals surface area (Å²) in [4.78, 5) is 4.28. The Balaban J connectivity index is 1.88. The van der Waals surface area contributed by atoms with Crippen LogP contribution < -0.4 is 11.1 Å². The third-order valence-electron chi connectivity index (χ3n) is 3.15. The first-order valence-electron chi connectivity index (χ1n) is 5.90. The van der Waals surface area contributed by atoms with Crippen molar-refractivity contribution in [3.8, 4) is 0 Å². The van der Waals surface area contributed by atoms with Crippen LogP contribution in [0.1, 0.15) is 32.1 Å². The molecule has 0 aliphatic heterocycles. The van der Waals surface area contributed by atoms with Gasteiger partial charge in [0.25, 0.3) is 0 Å². The molecule has 0 radical (unpaired) electrons. The summed E-state index contributed by atoms with van der Waals surface area (Å²) in [6.45, 7) is 1.02. The van der Waals surface area contributed by atoms with E-state index in [-0.39, 0.29) is 0 Å². The Morgan fingerprint density at radius 2 is 2.12 bits per heavy atom. The van der Waals surface area contributed by atoms with Gasteiger partial charge in [0.2, 0.25) is 0 Å². The molecule has 0 unspecified atom stereocenters. The number of pyridine rings is 1. The van der Waals surface area contributed by atoms with Crippen molar-refractivity contribution < 1.29 is 0 Å². The van der Waals surface area contributed by atoms with Gasteiger partial charge in [-0.25, -0.2) is 4.98 Å². The second-order valence-electron chi connectivity index (χ2n) is 4.48. The third-order valence-corrected chi connectivity index (χ3v) is 3.75. The molecule has 4 heteroatoms. The molecule has 0 saturated heterocycles. The van der Waals surface area contributed by atoms with E-state index >= 15 is 0 Å². The van der Waals surface area contributed by atoms with Crippen molar-refractivity contribution >= 4 is 27.4 Å². The number of nitrogens with one attached hydrogen (secondary N) is 1. The molecule has 1 aliphatic carbocycles. The number of hydrogen-bond donors (Lipinski definition) is 2. The number of nitrogen functional groups attached to an aromatic ring is 1. The largest absolute Gasteiger partial charge is 0.397 e. The van der Waals surface area contributed by atoms with Gasteiger partial charge in [-0.2, -0.15) is 0 Å². The van der Waals surface area contributed by atoms with Crippen LogP contribution >= 0.6 is 15.9 Å². The van der Waals surface area contributed by atoms with Crippen LogP contribution in [0.4, 0.5) is 11.5 Å². The van der Waals surface area contributed by atoms with Crippen molar-refractivity contribution in [1.82, 2.24) is 4.98 Å². The van der Waals surface area contributed by atoms with E-state index in [1.807, 2.05) is 6.07 Å². The number of aromatic nitrogens is 1. The zero-order valence-corrected chi connectivity index (χ0v) is 11.0. The van der Waals surface area contributed by atoms with Crippen molar-refractivity contribution in [1.29, 1.82) is 0 Å². The molecular weight excluding hydrogens is 266 g/mol. The average Bonchev–Trinajstić information content (AvgIpc) is 2.29. The van der Waals surface area contributed by atoms with Crippen LogP contribution in [0.15, 0.2) is 16.7 Å². The summed E-state index contributed by atoms with van der Waals surface area (Å²) in [5.74, 6) is 1.71. The smallest absolute Gasteiger partial charge is 0.140 e. The fourth-order valence-corrected chi connectivity index (χ4v) is 2.72. The highest BCUT2D eigenvalue weighted by Gasteiger charge is 2.13. The van der Waals surface area contributed by atoms with E-state index in [4.69, 9.17) is 5.73 Å². The van der Waals surface area contributed by atoms with Crippen molar-refractivity contribution in [2.75, 3.05) is 17.6 Å². The summed E-state index contributed by atoms with van der Waals surface area (Å²) in [6.07, 6.45) is 8.54. The van der Waals surface area contributed by atoms with Crippen molar-refractivity contribution in [2.45, 2.75) is 32.1 Å². The first-order chi connectivity index (χ1) is 7.75. The number of nitrogens with two attached hydrogens (primary N) is 1. The maximum atomic E-state index is 5.65. The average molecular weight is 284 g/mol. The SMILES string of the molecule is Nc1cnc(NCC2CCCCC2)c(Br)c1. The second kappa shape index (κ2) is 5.53. The van der Waals surface area contributed by atoms with Gasteiger partial charge in [0.05, 0.1) is 16.4 Å². The maximum Gasteiger partial charge on any atom is 0.140 e. The van der Waals surface area contributed by atoms with Crippen molar-refractivity contribution in [3.63, 3.8) is 0 Å². The molecular formula is C12H18BrN3. The van der Waals surface area contributed by atoms with E-state index in [1.54, 1.807) is 6.20 Å². The molecule has 0 aromatic carbocycles. The highest BCUT2D eigenvalue weighted by molar-refractivity contribution is 9.10. The van der Waals surface area contributed by atoms with E-state index in [1.165, 1.54) is 32.1 Å². The van der Waals surface area contributed by atoms with Crippen LogP contribution in [0.5, 0.6) is 0 Å². The predicted octanol–water partition coefficient (Wildman–Crippen LogP) is 3.42. The van der Waals surface area contributed by atoms with Crippen molar-refractivity contribution in [3.05, 3.63) is 16.7 Å². The Morgan fingerprint density at radius 1 is 1.38 bits per heavy atom. The maximum absolute atomic E-state index is 5.65. The highest BCUT2D eigenvalue weighted by Crippen LogP contribution is 2.26. The molecule has 1 saturated carbocycles. The molecule has 88 valence electrons. The van der Waals surface area contributed by atoms with Crippen molar-refractivity contribution in [2.24, 2.45) is 5.92 Å². The molecule has 0 atom stereocenters. The summed E-state index contributed by atoms with van der Waals surface area (Å²) >= 11 is 3.47. The van der Waals surface area contributed by atoms with Crippen LogP contribution in [0.25, 0.3) is 0 Å². The molecule has 1 aromatic heterocycles. The van der Waals surface area contributed by atoms with Gasteiger partial charge < -0.3 is 11.1 Å². The minimum atomic E-state index is 0.690. The van der Waals surface area contributed by atoms with Crippen LogP contribution in [-0.2, 0) is 0 Å².